The van der Waals surface area contributed by atoms with Crippen molar-refractivity contribution in [2.75, 3.05) is 19.4 Å². The maximum atomic E-state index is 12.4. The molecule has 3 nitrogen and oxygen atoms in total. The van der Waals surface area contributed by atoms with Crippen LogP contribution >= 0.6 is 11.3 Å². The molecule has 2 atom stereocenters. The minimum Gasteiger partial charge on any atom is -0.494 e. The highest BCUT2D eigenvalue weighted by Crippen LogP contribution is 2.27. The zero-order valence-corrected chi connectivity index (χ0v) is 13.3. The molecular weight excluding hydrogens is 290 g/mol. The van der Waals surface area contributed by atoms with Crippen molar-refractivity contribution in [2.24, 2.45) is 0 Å². The van der Waals surface area contributed by atoms with Crippen molar-refractivity contribution in [1.82, 2.24) is 5.32 Å². The van der Waals surface area contributed by atoms with E-state index in [-0.39, 0.29) is 6.04 Å². The standard InChI is InChI=1S/C15H19NO2S2/c1-3-18-14-8-5-4-7-12(14)13(16-2)11-20(17)15-9-6-10-19-15/h4-10,13,16H,3,11H2,1-2H3. The summed E-state index contributed by atoms with van der Waals surface area (Å²) in [5.41, 5.74) is 1.06. The van der Waals surface area contributed by atoms with Gasteiger partial charge in [0.05, 0.1) is 21.6 Å². The van der Waals surface area contributed by atoms with E-state index < -0.39 is 10.8 Å². The van der Waals surface area contributed by atoms with E-state index in [1.807, 2.05) is 55.7 Å². The first-order valence-electron chi connectivity index (χ1n) is 6.57. The Bertz CT molecular complexity index is 555. The fraction of sp³-hybridized carbons (Fsp3) is 0.333. The van der Waals surface area contributed by atoms with Crippen molar-refractivity contribution in [1.29, 1.82) is 0 Å². The van der Waals surface area contributed by atoms with Crippen LogP contribution in [0.3, 0.4) is 0 Å². The molecule has 2 rings (SSSR count). The molecule has 0 amide bonds. The van der Waals surface area contributed by atoms with Crippen LogP contribution in [-0.2, 0) is 10.8 Å². The maximum absolute atomic E-state index is 12.4. The quantitative estimate of drug-likeness (QED) is 0.853. The Labute approximate surface area is 126 Å². The van der Waals surface area contributed by atoms with Gasteiger partial charge in [0.25, 0.3) is 0 Å². The fourth-order valence-corrected chi connectivity index (χ4v) is 4.30. The Morgan fingerprint density at radius 3 is 2.75 bits per heavy atom. The number of benzene rings is 1. The van der Waals surface area contributed by atoms with E-state index in [4.69, 9.17) is 4.74 Å². The number of hydrogen-bond donors (Lipinski definition) is 1. The molecule has 5 heteroatoms. The molecule has 2 aromatic rings. The van der Waals surface area contributed by atoms with Gasteiger partial charge in [-0.3, -0.25) is 4.21 Å². The largest absolute Gasteiger partial charge is 0.494 e. The van der Waals surface area contributed by atoms with E-state index in [0.717, 1.165) is 15.5 Å². The van der Waals surface area contributed by atoms with Crippen LogP contribution in [-0.4, -0.2) is 23.6 Å². The van der Waals surface area contributed by atoms with Crippen molar-refractivity contribution in [2.45, 2.75) is 17.2 Å². The molecule has 1 N–H and O–H groups in total. The van der Waals surface area contributed by atoms with Crippen LogP contribution in [0.15, 0.2) is 46.0 Å². The van der Waals surface area contributed by atoms with Gasteiger partial charge in [-0.25, -0.2) is 0 Å². The Hall–Kier alpha value is -1.17. The molecule has 20 heavy (non-hydrogen) atoms. The molecular formula is C15H19NO2S2. The first kappa shape index (κ1) is 15.2. The monoisotopic (exact) mass is 309 g/mol. The minimum atomic E-state index is -0.994. The summed E-state index contributed by atoms with van der Waals surface area (Å²) >= 11 is 1.53. The number of rotatable bonds is 7. The molecule has 2 unspecified atom stereocenters. The molecule has 1 aromatic heterocycles. The van der Waals surface area contributed by atoms with E-state index in [0.29, 0.717) is 12.4 Å². The molecule has 1 aromatic carbocycles. The van der Waals surface area contributed by atoms with Crippen LogP contribution < -0.4 is 10.1 Å². The summed E-state index contributed by atoms with van der Waals surface area (Å²) in [4.78, 5) is 0. The second-order valence-electron chi connectivity index (χ2n) is 4.26. The molecule has 0 aliphatic rings. The number of ether oxygens (including phenoxy) is 1. The SMILES string of the molecule is CCOc1ccccc1C(CS(=O)c1cccs1)NC. The molecule has 0 aliphatic carbocycles. The summed E-state index contributed by atoms with van der Waals surface area (Å²) in [5, 5.41) is 5.20. The molecule has 0 saturated heterocycles. The molecule has 0 saturated carbocycles. The molecule has 0 fully saturated rings. The Morgan fingerprint density at radius 2 is 2.10 bits per heavy atom. The molecule has 0 bridgehead atoms. The lowest BCUT2D eigenvalue weighted by molar-refractivity contribution is 0.333. The van der Waals surface area contributed by atoms with Gasteiger partial charge in [0.15, 0.2) is 0 Å². The number of thiophene rings is 1. The average Bonchev–Trinajstić information content (AvgIpc) is 3.00. The summed E-state index contributed by atoms with van der Waals surface area (Å²) < 4.78 is 18.9. The number of para-hydroxylation sites is 1. The average molecular weight is 309 g/mol. The number of hydrogen-bond acceptors (Lipinski definition) is 4. The van der Waals surface area contributed by atoms with E-state index in [9.17, 15) is 4.21 Å². The van der Waals surface area contributed by atoms with Crippen LogP contribution in [0, 0.1) is 0 Å². The third kappa shape index (κ3) is 3.69. The zero-order chi connectivity index (χ0) is 14.4. The molecule has 108 valence electrons. The van der Waals surface area contributed by atoms with Crippen molar-refractivity contribution in [3.05, 3.63) is 47.3 Å². The third-order valence-electron chi connectivity index (χ3n) is 2.98. The van der Waals surface area contributed by atoms with Crippen LogP contribution in [0.2, 0.25) is 0 Å². The molecule has 0 aliphatic heterocycles. The van der Waals surface area contributed by atoms with Crippen LogP contribution in [0.4, 0.5) is 0 Å². The van der Waals surface area contributed by atoms with Gasteiger partial charge >= 0.3 is 0 Å². The second kappa shape index (κ2) is 7.57. The van der Waals surface area contributed by atoms with Crippen molar-refractivity contribution < 1.29 is 8.95 Å². The summed E-state index contributed by atoms with van der Waals surface area (Å²) in [6, 6.07) is 11.8. The number of nitrogens with one attached hydrogen (secondary N) is 1. The van der Waals surface area contributed by atoms with Crippen LogP contribution in [0.25, 0.3) is 0 Å². The maximum Gasteiger partial charge on any atom is 0.124 e. The summed E-state index contributed by atoms with van der Waals surface area (Å²) in [6.07, 6.45) is 0. The molecule has 0 spiro atoms. The lowest BCUT2D eigenvalue weighted by Gasteiger charge is -2.19. The van der Waals surface area contributed by atoms with Gasteiger partial charge in [-0.2, -0.15) is 0 Å². The van der Waals surface area contributed by atoms with Gasteiger partial charge in [0.1, 0.15) is 5.75 Å². The highest BCUT2D eigenvalue weighted by atomic mass is 32.2. The Kier molecular flexibility index (Phi) is 5.76. The fourth-order valence-electron chi connectivity index (χ4n) is 2.01. The Morgan fingerprint density at radius 1 is 1.30 bits per heavy atom. The third-order valence-corrected chi connectivity index (χ3v) is 5.71. The van der Waals surface area contributed by atoms with Crippen LogP contribution in [0.5, 0.6) is 5.75 Å². The normalized spacial score (nSPS) is 13.9. The van der Waals surface area contributed by atoms with Crippen molar-refractivity contribution in [3.63, 3.8) is 0 Å². The summed E-state index contributed by atoms with van der Waals surface area (Å²) in [5.74, 6) is 1.40. The van der Waals surface area contributed by atoms with E-state index in [1.165, 1.54) is 11.3 Å². The summed E-state index contributed by atoms with van der Waals surface area (Å²) in [6.45, 7) is 2.59. The van der Waals surface area contributed by atoms with Crippen LogP contribution in [0.1, 0.15) is 18.5 Å². The lowest BCUT2D eigenvalue weighted by atomic mass is 10.1. The second-order valence-corrected chi connectivity index (χ2v) is 6.93. The molecule has 1 heterocycles. The van der Waals surface area contributed by atoms with Gasteiger partial charge in [0.2, 0.25) is 0 Å². The minimum absolute atomic E-state index is 0.0145. The topological polar surface area (TPSA) is 38.3 Å². The van der Waals surface area contributed by atoms with Gasteiger partial charge in [-0.15, -0.1) is 11.3 Å². The highest BCUT2D eigenvalue weighted by Gasteiger charge is 2.18. The first-order valence-corrected chi connectivity index (χ1v) is 8.77. The van der Waals surface area contributed by atoms with Crippen molar-refractivity contribution in [3.8, 4) is 5.75 Å². The van der Waals surface area contributed by atoms with Gasteiger partial charge < -0.3 is 10.1 Å². The van der Waals surface area contributed by atoms with Gasteiger partial charge in [-0.1, -0.05) is 24.3 Å². The smallest absolute Gasteiger partial charge is 0.124 e. The highest BCUT2D eigenvalue weighted by molar-refractivity contribution is 7.87. The zero-order valence-electron chi connectivity index (χ0n) is 11.7. The van der Waals surface area contributed by atoms with Crippen molar-refractivity contribution >= 4 is 22.1 Å². The van der Waals surface area contributed by atoms with E-state index in [1.54, 1.807) is 0 Å². The van der Waals surface area contributed by atoms with Gasteiger partial charge in [0, 0.05) is 17.4 Å². The first-order chi connectivity index (χ1) is 9.76. The summed E-state index contributed by atoms with van der Waals surface area (Å²) in [7, 11) is 0.893. The van der Waals surface area contributed by atoms with E-state index in [2.05, 4.69) is 5.32 Å². The predicted octanol–water partition coefficient (Wildman–Crippen LogP) is 3.22. The van der Waals surface area contributed by atoms with E-state index >= 15 is 0 Å². The van der Waals surface area contributed by atoms with Gasteiger partial charge in [-0.05, 0) is 31.5 Å². The lowest BCUT2D eigenvalue weighted by Crippen LogP contribution is -2.23. The molecule has 0 radical (unpaired) electrons. The Balaban J connectivity index is 2.18. The predicted molar refractivity (Wildman–Crippen MR) is 85.0 cm³/mol.